The summed E-state index contributed by atoms with van der Waals surface area (Å²) in [6.45, 7) is 13.5. The molecular weight excluding hydrogens is 507 g/mol. The van der Waals surface area contributed by atoms with E-state index in [-0.39, 0.29) is 0 Å². The Balaban J connectivity index is 2.68. The Hall–Kier alpha value is -1.56. The van der Waals surface area contributed by atoms with Crippen LogP contribution in [0.3, 0.4) is 0 Å². The van der Waals surface area contributed by atoms with Crippen molar-refractivity contribution in [1.82, 2.24) is 0 Å². The van der Waals surface area contributed by atoms with Gasteiger partial charge in [-0.3, -0.25) is 0 Å². The zero-order valence-electron chi connectivity index (χ0n) is 22.5. The maximum absolute atomic E-state index is 5.35. The quantitative estimate of drug-likeness (QED) is 0.126. The minimum atomic E-state index is 1.02. The number of rotatable bonds is 14. The number of nitrogens with zero attached hydrogens (tertiary/aromatic N) is 2. The van der Waals surface area contributed by atoms with Crippen LogP contribution in [0.25, 0.3) is 0 Å². The number of unbranched alkanes of at least 4 members (excludes halogenated alkanes) is 3. The summed E-state index contributed by atoms with van der Waals surface area (Å²) in [5, 5.41) is 0. The van der Waals surface area contributed by atoms with Crippen molar-refractivity contribution in [2.24, 2.45) is 4.99 Å². The van der Waals surface area contributed by atoms with Crippen molar-refractivity contribution in [2.75, 3.05) is 0 Å². The van der Waals surface area contributed by atoms with Crippen molar-refractivity contribution in [2.45, 2.75) is 112 Å². The van der Waals surface area contributed by atoms with Gasteiger partial charge in [-0.25, -0.2) is 0 Å². The van der Waals surface area contributed by atoms with Crippen LogP contribution in [0, 0.1) is 0 Å². The molecule has 0 spiro atoms. The summed E-state index contributed by atoms with van der Waals surface area (Å²) < 4.78 is 2.30. The monoisotopic (exact) mass is 552 g/mol. The molecule has 0 aliphatic rings. The van der Waals surface area contributed by atoms with E-state index in [1.807, 2.05) is 0 Å². The Morgan fingerprint density at radius 1 is 0.647 bits per heavy atom. The van der Waals surface area contributed by atoms with Crippen LogP contribution in [0.4, 0.5) is 11.4 Å². The SMILES string of the molecule is CCCCCC(=Nc1cc(CC)cc(CC)c1)C(CCCC)=[N+]([Pd])c1cc(CC)cc(CC)c1. The predicted molar refractivity (Wildman–Crippen MR) is 146 cm³/mol. The van der Waals surface area contributed by atoms with Crippen molar-refractivity contribution in [1.29, 1.82) is 0 Å². The average molecular weight is 553 g/mol. The molecule has 2 aromatic rings. The molecule has 0 bridgehead atoms. The van der Waals surface area contributed by atoms with Gasteiger partial charge in [0.15, 0.2) is 0 Å². The molecule has 0 unspecified atom stereocenters. The Kier molecular flexibility index (Phi) is 13.0. The van der Waals surface area contributed by atoms with Crippen LogP contribution in [0.5, 0.6) is 0 Å². The average Bonchev–Trinajstić information content (AvgIpc) is 2.87. The number of hydrogen-bond acceptors (Lipinski definition) is 1. The molecule has 189 valence electrons. The summed E-state index contributed by atoms with van der Waals surface area (Å²) >= 11 is 3.65. The van der Waals surface area contributed by atoms with Crippen molar-refractivity contribution in [3.05, 3.63) is 58.7 Å². The van der Waals surface area contributed by atoms with Crippen LogP contribution >= 0.6 is 0 Å². The van der Waals surface area contributed by atoms with Gasteiger partial charge in [-0.05, 0) is 0 Å². The third-order valence-electron chi connectivity index (χ3n) is 6.52. The van der Waals surface area contributed by atoms with E-state index in [2.05, 4.69) is 101 Å². The van der Waals surface area contributed by atoms with Crippen LogP contribution in [-0.2, 0) is 45.1 Å². The van der Waals surface area contributed by atoms with Crippen LogP contribution in [0.15, 0.2) is 41.4 Å². The number of benzene rings is 2. The van der Waals surface area contributed by atoms with E-state index in [1.165, 1.54) is 71.5 Å². The molecule has 0 aliphatic carbocycles. The maximum atomic E-state index is 5.35. The van der Waals surface area contributed by atoms with E-state index in [0.717, 1.165) is 44.2 Å². The summed E-state index contributed by atoms with van der Waals surface area (Å²) in [7, 11) is 0. The van der Waals surface area contributed by atoms with Gasteiger partial charge in [0, 0.05) is 0 Å². The molecule has 0 heterocycles. The van der Waals surface area contributed by atoms with Gasteiger partial charge in [0.25, 0.3) is 0 Å². The third-order valence-corrected chi connectivity index (χ3v) is 7.34. The fourth-order valence-corrected chi connectivity index (χ4v) is 4.85. The second-order valence-electron chi connectivity index (χ2n) is 9.25. The van der Waals surface area contributed by atoms with Crippen LogP contribution in [-0.4, -0.2) is 14.6 Å². The summed E-state index contributed by atoms with van der Waals surface area (Å²) in [5.41, 5.74) is 10.5. The summed E-state index contributed by atoms with van der Waals surface area (Å²) in [6.07, 6.45) is 12.2. The molecule has 0 atom stereocenters. The van der Waals surface area contributed by atoms with E-state index < -0.39 is 0 Å². The van der Waals surface area contributed by atoms with Gasteiger partial charge in [-0.2, -0.15) is 0 Å². The molecular formula is C31H46N2Pd+. The third kappa shape index (κ3) is 8.58. The second-order valence-corrected chi connectivity index (χ2v) is 9.94. The van der Waals surface area contributed by atoms with Gasteiger partial charge < -0.3 is 0 Å². The van der Waals surface area contributed by atoms with Crippen molar-refractivity contribution in [3.8, 4) is 0 Å². The molecule has 0 radical (unpaired) electrons. The fraction of sp³-hybridized carbons (Fsp3) is 0.548. The molecule has 0 amide bonds. The molecule has 0 aliphatic heterocycles. The van der Waals surface area contributed by atoms with Gasteiger partial charge in [-0.15, -0.1) is 0 Å². The molecule has 2 nitrogen and oxygen atoms in total. The summed E-state index contributed by atoms with van der Waals surface area (Å²) in [6, 6.07) is 13.9. The molecule has 0 saturated heterocycles. The number of aryl methyl sites for hydroxylation is 4. The Morgan fingerprint density at radius 3 is 1.62 bits per heavy atom. The molecule has 0 saturated carbocycles. The van der Waals surface area contributed by atoms with E-state index in [1.54, 1.807) is 0 Å². The Bertz CT molecular complexity index is 927. The van der Waals surface area contributed by atoms with Crippen molar-refractivity contribution in [3.63, 3.8) is 0 Å². The zero-order valence-corrected chi connectivity index (χ0v) is 24.0. The Morgan fingerprint density at radius 2 is 1.15 bits per heavy atom. The van der Waals surface area contributed by atoms with Crippen LogP contribution in [0.1, 0.15) is 109 Å². The Labute approximate surface area is 220 Å². The standard InChI is InChI=1S/C31H46N2.Pd/c1-7-13-15-17-31(33-29-22-26(11-5)19-27(12-6)23-29)30(16-14-8-2)32-28-20-24(9-3)18-25(10-4)21-28;/h18-23H,7-17H2,1-6H3;/q;+1. The first-order valence-electron chi connectivity index (χ1n) is 13.6. The van der Waals surface area contributed by atoms with Gasteiger partial charge >= 0.3 is 221 Å². The molecule has 34 heavy (non-hydrogen) atoms. The van der Waals surface area contributed by atoms with Gasteiger partial charge in [-0.1, -0.05) is 0 Å². The minimum absolute atomic E-state index is 1.02. The van der Waals surface area contributed by atoms with Gasteiger partial charge in [0.1, 0.15) is 0 Å². The number of hydrogen-bond donors (Lipinski definition) is 0. The summed E-state index contributed by atoms with van der Waals surface area (Å²) in [4.78, 5) is 5.35. The van der Waals surface area contributed by atoms with E-state index in [0.29, 0.717) is 0 Å². The first-order valence-corrected chi connectivity index (χ1v) is 14.3. The topological polar surface area (TPSA) is 15.4 Å². The molecule has 2 rings (SSSR count). The number of aliphatic imine (C=N–C) groups is 1. The van der Waals surface area contributed by atoms with E-state index in [4.69, 9.17) is 4.99 Å². The molecule has 0 aromatic heterocycles. The summed E-state index contributed by atoms with van der Waals surface area (Å²) in [5.74, 6) is 0. The molecule has 2 aromatic carbocycles. The zero-order chi connectivity index (χ0) is 24.9. The van der Waals surface area contributed by atoms with E-state index in [9.17, 15) is 0 Å². The van der Waals surface area contributed by atoms with Crippen LogP contribution in [0.2, 0.25) is 0 Å². The second kappa shape index (κ2) is 15.4. The molecule has 0 N–H and O–H groups in total. The van der Waals surface area contributed by atoms with E-state index >= 15 is 0 Å². The predicted octanol–water partition coefficient (Wildman–Crippen LogP) is 9.03. The first kappa shape index (κ1) is 28.7. The van der Waals surface area contributed by atoms with Crippen LogP contribution < -0.4 is 0 Å². The normalized spacial score (nSPS) is 12.8. The fourth-order valence-electron chi connectivity index (χ4n) is 4.28. The van der Waals surface area contributed by atoms with Crippen molar-refractivity contribution >= 4 is 22.8 Å². The van der Waals surface area contributed by atoms with Gasteiger partial charge in [0.2, 0.25) is 0 Å². The van der Waals surface area contributed by atoms with Crippen molar-refractivity contribution < 1.29 is 22.7 Å². The molecule has 3 heteroatoms. The molecule has 0 fully saturated rings. The van der Waals surface area contributed by atoms with Gasteiger partial charge in [0.05, 0.1) is 0 Å². The first-order chi connectivity index (χ1) is 16.5.